The Morgan fingerprint density at radius 3 is 2.69 bits per heavy atom. The topological polar surface area (TPSA) is 34.0 Å². The van der Waals surface area contributed by atoms with E-state index in [0.717, 1.165) is 5.70 Å². The molecule has 0 fully saturated rings. The highest BCUT2D eigenvalue weighted by molar-refractivity contribution is 7.96. The van der Waals surface area contributed by atoms with E-state index in [2.05, 4.69) is 30.1 Å². The number of aliphatic imine (C=N–C) groups is 1. The number of hydrogen-bond donors (Lipinski definition) is 0. The Balaban J connectivity index is 2.48. The maximum absolute atomic E-state index is 5.59. The molecule has 0 amide bonds. The summed E-state index contributed by atoms with van der Waals surface area (Å²) in [5, 5.41) is 0. The van der Waals surface area contributed by atoms with Crippen molar-refractivity contribution >= 4 is 16.5 Å². The van der Waals surface area contributed by atoms with Gasteiger partial charge in [-0.25, -0.2) is 0 Å². The van der Waals surface area contributed by atoms with Crippen molar-refractivity contribution in [3.8, 4) is 0 Å². The lowest BCUT2D eigenvalue weighted by atomic mass is 9.99. The Labute approximate surface area is 82.2 Å². The van der Waals surface area contributed by atoms with Crippen LogP contribution in [0.15, 0.2) is 21.3 Å². The molecule has 4 heteroatoms. The summed E-state index contributed by atoms with van der Waals surface area (Å²) in [6.07, 6.45) is 1.74. The van der Waals surface area contributed by atoms with E-state index in [1.54, 1.807) is 11.7 Å². The van der Waals surface area contributed by atoms with E-state index < -0.39 is 11.0 Å². The van der Waals surface area contributed by atoms with Crippen molar-refractivity contribution in [1.82, 2.24) is 0 Å². The molecule has 1 aliphatic rings. The minimum Gasteiger partial charge on any atom is -0.301 e. The van der Waals surface area contributed by atoms with Crippen LogP contribution in [0.2, 0.25) is 0 Å². The Kier molecular flexibility index (Phi) is 3.39. The molecular formula is C9H16N2OS. The summed E-state index contributed by atoms with van der Waals surface area (Å²) in [7, 11) is -0.456. The van der Waals surface area contributed by atoms with Crippen molar-refractivity contribution < 1.29 is 4.18 Å². The second-order valence-electron chi connectivity index (χ2n) is 4.22. The summed E-state index contributed by atoms with van der Waals surface area (Å²) in [6.45, 7) is 9.05. The maximum Gasteiger partial charge on any atom is 0.0976 e. The lowest BCUT2D eigenvalue weighted by molar-refractivity contribution is 0.225. The summed E-state index contributed by atoms with van der Waals surface area (Å²) in [5.41, 5.74) is 2.87. The van der Waals surface area contributed by atoms with Gasteiger partial charge in [0.15, 0.2) is 0 Å². The van der Waals surface area contributed by atoms with Gasteiger partial charge in [-0.15, -0.1) is 0 Å². The molecule has 0 N–H and O–H groups in total. The van der Waals surface area contributed by atoms with Gasteiger partial charge in [0, 0.05) is 6.20 Å². The van der Waals surface area contributed by atoms with Gasteiger partial charge < -0.3 is 4.18 Å². The van der Waals surface area contributed by atoms with Gasteiger partial charge in [-0.3, -0.25) is 4.99 Å². The zero-order chi connectivity index (χ0) is 9.90. The van der Waals surface area contributed by atoms with Gasteiger partial charge in [0.1, 0.15) is 0 Å². The molecule has 1 heterocycles. The zero-order valence-electron chi connectivity index (χ0n) is 8.57. The lowest BCUT2D eigenvalue weighted by Crippen LogP contribution is -2.16. The summed E-state index contributed by atoms with van der Waals surface area (Å²) >= 11 is 0. The van der Waals surface area contributed by atoms with Crippen LogP contribution in [0.25, 0.3) is 0 Å². The SMILES string of the molecule is CC1=CN=CS(OCC(C)(C)C)=N1. The molecule has 0 aromatic carbocycles. The van der Waals surface area contributed by atoms with E-state index in [-0.39, 0.29) is 5.41 Å². The van der Waals surface area contributed by atoms with Gasteiger partial charge in [0.2, 0.25) is 0 Å². The fourth-order valence-electron chi connectivity index (χ4n) is 0.673. The van der Waals surface area contributed by atoms with Gasteiger partial charge in [-0.05, 0) is 12.3 Å². The van der Waals surface area contributed by atoms with Crippen LogP contribution in [0.1, 0.15) is 27.7 Å². The number of allylic oxidation sites excluding steroid dienone is 1. The second kappa shape index (κ2) is 4.15. The van der Waals surface area contributed by atoms with E-state index in [4.69, 9.17) is 4.18 Å². The summed E-state index contributed by atoms with van der Waals surface area (Å²) in [6, 6.07) is 0. The maximum atomic E-state index is 5.59. The average molecular weight is 200 g/mol. The smallest absolute Gasteiger partial charge is 0.0976 e. The lowest BCUT2D eigenvalue weighted by Gasteiger charge is -2.18. The largest absolute Gasteiger partial charge is 0.301 e. The van der Waals surface area contributed by atoms with E-state index in [9.17, 15) is 0 Å². The van der Waals surface area contributed by atoms with Crippen molar-refractivity contribution in [3.63, 3.8) is 0 Å². The standard InChI is InChI=1S/C9H16N2OS/c1-8-5-10-7-13(11-8)12-6-9(2,3)4/h5,7H,6H2,1-4H3. The van der Waals surface area contributed by atoms with Crippen molar-refractivity contribution in [2.75, 3.05) is 6.61 Å². The second-order valence-corrected chi connectivity index (χ2v) is 5.40. The van der Waals surface area contributed by atoms with Gasteiger partial charge in [-0.2, -0.15) is 4.36 Å². The zero-order valence-corrected chi connectivity index (χ0v) is 9.39. The molecule has 0 radical (unpaired) electrons. The predicted octanol–water partition coefficient (Wildman–Crippen LogP) is 2.67. The molecule has 0 bridgehead atoms. The number of nitrogens with zero attached hydrogens (tertiary/aromatic N) is 2. The van der Waals surface area contributed by atoms with Crippen molar-refractivity contribution in [3.05, 3.63) is 11.9 Å². The van der Waals surface area contributed by atoms with Crippen LogP contribution in [-0.2, 0) is 15.2 Å². The highest BCUT2D eigenvalue weighted by Gasteiger charge is 2.11. The molecule has 13 heavy (non-hydrogen) atoms. The third kappa shape index (κ3) is 4.33. The fourth-order valence-corrected chi connectivity index (χ4v) is 1.80. The molecule has 0 aliphatic carbocycles. The summed E-state index contributed by atoms with van der Waals surface area (Å²) < 4.78 is 9.89. The molecule has 1 unspecified atom stereocenters. The van der Waals surface area contributed by atoms with Crippen LogP contribution < -0.4 is 0 Å². The molecule has 74 valence electrons. The van der Waals surface area contributed by atoms with E-state index in [1.165, 1.54) is 0 Å². The molecule has 1 aliphatic heterocycles. The Morgan fingerprint density at radius 1 is 1.46 bits per heavy atom. The Hall–Kier alpha value is -0.480. The minimum absolute atomic E-state index is 0.186. The third-order valence-corrected chi connectivity index (χ3v) is 2.39. The molecule has 0 saturated heterocycles. The number of hydrogen-bond acceptors (Lipinski definition) is 3. The molecule has 1 rings (SSSR count). The fraction of sp³-hybridized carbons (Fsp3) is 0.667. The Bertz CT molecular complexity index is 274. The first kappa shape index (κ1) is 10.6. The van der Waals surface area contributed by atoms with E-state index >= 15 is 0 Å². The normalized spacial score (nSPS) is 22.5. The van der Waals surface area contributed by atoms with Gasteiger partial charge in [0.25, 0.3) is 0 Å². The quantitative estimate of drug-likeness (QED) is 0.674. The molecular weight excluding hydrogens is 184 g/mol. The molecule has 1 atom stereocenters. The molecule has 0 spiro atoms. The van der Waals surface area contributed by atoms with Crippen molar-refractivity contribution in [1.29, 1.82) is 0 Å². The number of rotatable bonds is 2. The van der Waals surface area contributed by atoms with Crippen LogP contribution in [0, 0.1) is 5.41 Å². The van der Waals surface area contributed by atoms with E-state index in [1.807, 2.05) is 6.92 Å². The molecule has 0 aromatic rings. The first-order chi connectivity index (χ1) is 5.97. The van der Waals surface area contributed by atoms with Crippen molar-refractivity contribution in [2.45, 2.75) is 27.7 Å². The monoisotopic (exact) mass is 200 g/mol. The predicted molar refractivity (Wildman–Crippen MR) is 57.4 cm³/mol. The third-order valence-electron chi connectivity index (χ3n) is 1.26. The van der Waals surface area contributed by atoms with Crippen LogP contribution >= 0.6 is 0 Å². The van der Waals surface area contributed by atoms with Crippen LogP contribution in [0.4, 0.5) is 0 Å². The summed E-state index contributed by atoms with van der Waals surface area (Å²) in [5.74, 6) is 0. The molecule has 3 nitrogen and oxygen atoms in total. The highest BCUT2D eigenvalue weighted by atomic mass is 32.2. The molecule has 0 aromatic heterocycles. The first-order valence-electron chi connectivity index (χ1n) is 4.26. The highest BCUT2D eigenvalue weighted by Crippen LogP contribution is 2.15. The minimum atomic E-state index is -0.456. The Morgan fingerprint density at radius 2 is 2.15 bits per heavy atom. The molecule has 0 saturated carbocycles. The van der Waals surface area contributed by atoms with Crippen LogP contribution in [-0.4, -0.2) is 12.2 Å². The van der Waals surface area contributed by atoms with Crippen molar-refractivity contribution in [2.24, 2.45) is 14.8 Å². The van der Waals surface area contributed by atoms with Gasteiger partial charge in [0.05, 0.1) is 28.8 Å². The van der Waals surface area contributed by atoms with Gasteiger partial charge >= 0.3 is 0 Å². The van der Waals surface area contributed by atoms with Crippen LogP contribution in [0.3, 0.4) is 0 Å². The van der Waals surface area contributed by atoms with E-state index in [0.29, 0.717) is 6.61 Å². The first-order valence-corrected chi connectivity index (χ1v) is 5.43. The average Bonchev–Trinajstić information content (AvgIpc) is 2.00. The van der Waals surface area contributed by atoms with Crippen LogP contribution in [0.5, 0.6) is 0 Å². The van der Waals surface area contributed by atoms with Gasteiger partial charge in [-0.1, -0.05) is 20.8 Å². The summed E-state index contributed by atoms with van der Waals surface area (Å²) in [4.78, 5) is 4.05.